The van der Waals surface area contributed by atoms with Crippen LogP contribution in [0.1, 0.15) is 12.8 Å². The lowest BCUT2D eigenvalue weighted by Gasteiger charge is -2.22. The van der Waals surface area contributed by atoms with Gasteiger partial charge in [-0.05, 0) is 11.4 Å². The number of carboxylic acids is 1. The Morgan fingerprint density at radius 2 is 2.53 bits per heavy atom. The summed E-state index contributed by atoms with van der Waals surface area (Å²) in [6.07, 6.45) is 5.26. The monoisotopic (exact) mass is 236 g/mol. The van der Waals surface area contributed by atoms with Gasteiger partial charge in [-0.1, -0.05) is 5.11 Å². The summed E-state index contributed by atoms with van der Waals surface area (Å²) in [4.78, 5) is 26.5. The summed E-state index contributed by atoms with van der Waals surface area (Å²) in [5, 5.41) is 12.4. The summed E-state index contributed by atoms with van der Waals surface area (Å²) in [6, 6.07) is -0.983. The van der Waals surface area contributed by atoms with Crippen LogP contribution >= 0.6 is 0 Å². The van der Waals surface area contributed by atoms with E-state index in [0.29, 0.717) is 0 Å². The number of likely N-dealkylation sites (tertiary alicyclic amines) is 1. The highest BCUT2D eigenvalue weighted by molar-refractivity contribution is 5.85. The van der Waals surface area contributed by atoms with Crippen molar-refractivity contribution in [3.8, 4) is 12.3 Å². The summed E-state index contributed by atoms with van der Waals surface area (Å²) in [7, 11) is 0. The SMILES string of the molecule is C#CC[C@@H](C(=O)O)N1CC(CN=[N+]=[N-])CC1=O. The van der Waals surface area contributed by atoms with Gasteiger partial charge in [-0.2, -0.15) is 0 Å². The van der Waals surface area contributed by atoms with Crippen LogP contribution in [0.15, 0.2) is 5.11 Å². The molecule has 0 aromatic carbocycles. The van der Waals surface area contributed by atoms with Gasteiger partial charge in [0.15, 0.2) is 0 Å². The van der Waals surface area contributed by atoms with Crippen LogP contribution in [0.25, 0.3) is 10.4 Å². The first kappa shape index (κ1) is 12.9. The molecule has 0 aromatic heterocycles. The number of amides is 1. The van der Waals surface area contributed by atoms with E-state index in [1.54, 1.807) is 0 Å². The molecular formula is C10H12N4O3. The van der Waals surface area contributed by atoms with E-state index in [9.17, 15) is 9.59 Å². The number of carbonyl (C=O) groups excluding carboxylic acids is 1. The van der Waals surface area contributed by atoms with Gasteiger partial charge < -0.3 is 10.0 Å². The van der Waals surface area contributed by atoms with Crippen molar-refractivity contribution in [3.05, 3.63) is 10.4 Å². The number of aliphatic carboxylic acids is 1. The van der Waals surface area contributed by atoms with Gasteiger partial charge in [-0.15, -0.1) is 12.3 Å². The lowest BCUT2D eigenvalue weighted by molar-refractivity contribution is -0.148. The van der Waals surface area contributed by atoms with E-state index in [2.05, 4.69) is 15.9 Å². The number of azide groups is 1. The van der Waals surface area contributed by atoms with Crippen molar-refractivity contribution in [1.29, 1.82) is 0 Å². The van der Waals surface area contributed by atoms with Crippen LogP contribution in [0.3, 0.4) is 0 Å². The highest BCUT2D eigenvalue weighted by Crippen LogP contribution is 2.22. The number of rotatable bonds is 5. The highest BCUT2D eigenvalue weighted by atomic mass is 16.4. The van der Waals surface area contributed by atoms with E-state index in [-0.39, 0.29) is 37.8 Å². The van der Waals surface area contributed by atoms with Crippen LogP contribution in [0.5, 0.6) is 0 Å². The third kappa shape index (κ3) is 3.13. The van der Waals surface area contributed by atoms with Crippen LogP contribution in [0, 0.1) is 18.3 Å². The van der Waals surface area contributed by atoms with Crippen molar-refractivity contribution in [2.75, 3.05) is 13.1 Å². The van der Waals surface area contributed by atoms with Gasteiger partial charge in [0.05, 0.1) is 0 Å². The second kappa shape index (κ2) is 5.77. The van der Waals surface area contributed by atoms with Gasteiger partial charge in [0, 0.05) is 30.8 Å². The van der Waals surface area contributed by atoms with Crippen molar-refractivity contribution in [3.63, 3.8) is 0 Å². The molecule has 1 N–H and O–H groups in total. The van der Waals surface area contributed by atoms with E-state index in [1.165, 1.54) is 4.90 Å². The van der Waals surface area contributed by atoms with E-state index < -0.39 is 12.0 Å². The zero-order valence-corrected chi connectivity index (χ0v) is 9.11. The van der Waals surface area contributed by atoms with Crippen molar-refractivity contribution in [2.45, 2.75) is 18.9 Å². The van der Waals surface area contributed by atoms with Gasteiger partial charge in [-0.3, -0.25) is 4.79 Å². The quantitative estimate of drug-likeness (QED) is 0.327. The van der Waals surface area contributed by atoms with E-state index in [0.717, 1.165) is 0 Å². The maximum Gasteiger partial charge on any atom is 0.327 e. The third-order valence-corrected chi connectivity index (χ3v) is 2.61. The van der Waals surface area contributed by atoms with Gasteiger partial charge >= 0.3 is 5.97 Å². The van der Waals surface area contributed by atoms with Crippen molar-refractivity contribution < 1.29 is 14.7 Å². The Bertz CT molecular complexity index is 408. The molecule has 1 saturated heterocycles. The molecule has 0 bridgehead atoms. The first-order chi connectivity index (χ1) is 8.10. The van der Waals surface area contributed by atoms with Gasteiger partial charge in [0.25, 0.3) is 0 Å². The molecule has 1 amide bonds. The van der Waals surface area contributed by atoms with E-state index in [1.807, 2.05) is 0 Å². The number of terminal acetylenes is 1. The zero-order chi connectivity index (χ0) is 12.8. The average Bonchev–Trinajstić information content (AvgIpc) is 2.64. The van der Waals surface area contributed by atoms with Crippen LogP contribution in [-0.4, -0.2) is 41.0 Å². The molecule has 0 saturated carbocycles. The van der Waals surface area contributed by atoms with Crippen LogP contribution in [0.4, 0.5) is 0 Å². The van der Waals surface area contributed by atoms with E-state index >= 15 is 0 Å². The lowest BCUT2D eigenvalue weighted by atomic mass is 10.1. The number of carboxylic acid groups (broad SMARTS) is 1. The summed E-state index contributed by atoms with van der Waals surface area (Å²) in [5.74, 6) is 0.752. The predicted molar refractivity (Wildman–Crippen MR) is 58.7 cm³/mol. The van der Waals surface area contributed by atoms with E-state index in [4.69, 9.17) is 17.1 Å². The molecule has 2 atom stereocenters. The Labute approximate surface area is 98.0 Å². The molecule has 0 spiro atoms. The largest absolute Gasteiger partial charge is 0.480 e. The fourth-order valence-corrected chi connectivity index (χ4v) is 1.83. The molecule has 0 aromatic rings. The molecule has 1 fully saturated rings. The Morgan fingerprint density at radius 1 is 1.82 bits per heavy atom. The minimum absolute atomic E-state index is 0.0185. The molecule has 7 heteroatoms. The number of hydrogen-bond acceptors (Lipinski definition) is 3. The summed E-state index contributed by atoms with van der Waals surface area (Å²) < 4.78 is 0. The Kier molecular flexibility index (Phi) is 4.37. The van der Waals surface area contributed by atoms with Crippen LogP contribution in [-0.2, 0) is 9.59 Å². The highest BCUT2D eigenvalue weighted by Gasteiger charge is 2.36. The van der Waals surface area contributed by atoms with Gasteiger partial charge in [-0.25, -0.2) is 4.79 Å². The van der Waals surface area contributed by atoms with Crippen LogP contribution in [0.2, 0.25) is 0 Å². The second-order valence-electron chi connectivity index (χ2n) is 3.79. The molecule has 1 rings (SSSR count). The fourth-order valence-electron chi connectivity index (χ4n) is 1.83. The van der Waals surface area contributed by atoms with Gasteiger partial charge in [0.2, 0.25) is 5.91 Å². The summed E-state index contributed by atoms with van der Waals surface area (Å²) in [5.41, 5.74) is 8.18. The maximum absolute atomic E-state index is 11.6. The van der Waals surface area contributed by atoms with Crippen molar-refractivity contribution >= 4 is 11.9 Å². The molecule has 90 valence electrons. The Morgan fingerprint density at radius 3 is 3.06 bits per heavy atom. The Hall–Kier alpha value is -2.19. The molecule has 0 radical (unpaired) electrons. The van der Waals surface area contributed by atoms with Crippen molar-refractivity contribution in [1.82, 2.24) is 4.90 Å². The second-order valence-corrected chi connectivity index (χ2v) is 3.79. The van der Waals surface area contributed by atoms with Crippen molar-refractivity contribution in [2.24, 2.45) is 11.0 Å². The summed E-state index contributed by atoms with van der Waals surface area (Å²) in [6.45, 7) is 0.470. The van der Waals surface area contributed by atoms with Gasteiger partial charge in [0.1, 0.15) is 6.04 Å². The maximum atomic E-state index is 11.6. The summed E-state index contributed by atoms with van der Waals surface area (Å²) >= 11 is 0. The number of hydrogen-bond donors (Lipinski definition) is 1. The smallest absolute Gasteiger partial charge is 0.327 e. The molecule has 1 unspecified atom stereocenters. The molecule has 0 aliphatic carbocycles. The minimum Gasteiger partial charge on any atom is -0.480 e. The predicted octanol–water partition coefficient (Wildman–Crippen LogP) is 0.622. The lowest BCUT2D eigenvalue weighted by Crippen LogP contribution is -2.42. The first-order valence-corrected chi connectivity index (χ1v) is 5.06. The molecule has 7 nitrogen and oxygen atoms in total. The molecule has 17 heavy (non-hydrogen) atoms. The average molecular weight is 236 g/mol. The normalized spacial score (nSPS) is 20.5. The number of nitrogens with zero attached hydrogens (tertiary/aromatic N) is 4. The fraction of sp³-hybridized carbons (Fsp3) is 0.600. The molecular weight excluding hydrogens is 224 g/mol. The standard InChI is InChI=1S/C10H12N4O3/c1-2-3-8(10(16)17)14-6-7(4-9(14)15)5-12-13-11/h1,7-8H,3-6H2,(H,16,17)/t7?,8-/m0/s1. The Balaban J connectivity index is 2.71. The molecule has 1 aliphatic heterocycles. The number of carbonyl (C=O) groups is 2. The molecule has 1 aliphatic rings. The first-order valence-electron chi connectivity index (χ1n) is 5.06. The minimum atomic E-state index is -1.11. The third-order valence-electron chi connectivity index (χ3n) is 2.61. The van der Waals surface area contributed by atoms with Crippen LogP contribution < -0.4 is 0 Å². The molecule has 1 heterocycles. The zero-order valence-electron chi connectivity index (χ0n) is 9.11. The topological polar surface area (TPSA) is 106 Å².